The summed E-state index contributed by atoms with van der Waals surface area (Å²) in [6.45, 7) is 8.68. The average molecular weight is 252 g/mol. The number of hydrogen-bond donors (Lipinski definition) is 3. The largest absolute Gasteiger partial charge is 0.394 e. The molecule has 0 aliphatic carbocycles. The maximum atomic E-state index is 8.69. The third-order valence-electron chi connectivity index (χ3n) is 1.59. The van der Waals surface area contributed by atoms with Gasteiger partial charge in [0.05, 0.1) is 38.1 Å². The molecule has 0 bridgehead atoms. The number of ether oxygens (including phenoxy) is 2. The fraction of sp³-hybridized carbons (Fsp3) is 1.00. The fourth-order valence-corrected chi connectivity index (χ4v) is 0.754. The van der Waals surface area contributed by atoms with Crippen LogP contribution in [-0.4, -0.2) is 60.1 Å². The first-order valence-corrected chi connectivity index (χ1v) is 6.10. The van der Waals surface area contributed by atoms with Crippen LogP contribution in [-0.2, 0) is 9.47 Å². The van der Waals surface area contributed by atoms with Crippen LogP contribution in [0.3, 0.4) is 0 Å². The molecule has 0 aliphatic rings. The van der Waals surface area contributed by atoms with Gasteiger partial charge in [-0.1, -0.05) is 6.92 Å². The van der Waals surface area contributed by atoms with Crippen LogP contribution in [0.5, 0.6) is 0 Å². The highest BCUT2D eigenvalue weighted by atomic mass is 16.5. The molecule has 0 heterocycles. The molecule has 3 N–H and O–H groups in total. The molecule has 3 atom stereocenters. The van der Waals surface area contributed by atoms with Crippen molar-refractivity contribution in [1.82, 2.24) is 0 Å². The van der Waals surface area contributed by atoms with Gasteiger partial charge in [0.15, 0.2) is 0 Å². The van der Waals surface area contributed by atoms with Crippen molar-refractivity contribution in [2.24, 2.45) is 0 Å². The Hall–Kier alpha value is -0.200. The lowest BCUT2D eigenvalue weighted by atomic mass is 10.4. The molecule has 0 saturated heterocycles. The van der Waals surface area contributed by atoms with Gasteiger partial charge < -0.3 is 24.8 Å². The predicted molar refractivity (Wildman–Crippen MR) is 67.0 cm³/mol. The Morgan fingerprint density at radius 2 is 1.53 bits per heavy atom. The Kier molecular flexibility index (Phi) is 15.6. The SMILES string of the molecule is CC(O)COC(C)CO.CCCOCC(C)O. The van der Waals surface area contributed by atoms with E-state index in [2.05, 4.69) is 0 Å². The third kappa shape index (κ3) is 21.6. The van der Waals surface area contributed by atoms with Gasteiger partial charge in [0.2, 0.25) is 0 Å². The van der Waals surface area contributed by atoms with Crippen LogP contribution >= 0.6 is 0 Å². The van der Waals surface area contributed by atoms with E-state index in [4.69, 9.17) is 24.8 Å². The van der Waals surface area contributed by atoms with E-state index in [0.717, 1.165) is 13.0 Å². The summed E-state index contributed by atoms with van der Waals surface area (Å²) in [6.07, 6.45) is 0.0901. The lowest BCUT2D eigenvalue weighted by Crippen LogP contribution is -2.19. The zero-order valence-corrected chi connectivity index (χ0v) is 11.4. The van der Waals surface area contributed by atoms with E-state index >= 15 is 0 Å². The molecule has 5 nitrogen and oxygen atoms in total. The molecule has 0 rings (SSSR count). The van der Waals surface area contributed by atoms with Gasteiger partial charge in [0, 0.05) is 6.61 Å². The van der Waals surface area contributed by atoms with E-state index in [-0.39, 0.29) is 18.8 Å². The van der Waals surface area contributed by atoms with Crippen LogP contribution in [0, 0.1) is 0 Å². The molecule has 3 unspecified atom stereocenters. The highest BCUT2D eigenvalue weighted by molar-refractivity contribution is 4.47. The Balaban J connectivity index is 0. The minimum absolute atomic E-state index is 0.00667. The van der Waals surface area contributed by atoms with Gasteiger partial charge in [0.25, 0.3) is 0 Å². The Morgan fingerprint density at radius 1 is 1.00 bits per heavy atom. The molecule has 0 saturated carbocycles. The predicted octanol–water partition coefficient (Wildman–Crippen LogP) is 0.558. The molecule has 17 heavy (non-hydrogen) atoms. The first kappa shape index (κ1) is 19.1. The van der Waals surface area contributed by atoms with Crippen molar-refractivity contribution in [3.05, 3.63) is 0 Å². The van der Waals surface area contributed by atoms with E-state index in [1.807, 2.05) is 6.92 Å². The van der Waals surface area contributed by atoms with Crippen LogP contribution in [0.25, 0.3) is 0 Å². The maximum absolute atomic E-state index is 8.69. The van der Waals surface area contributed by atoms with E-state index in [0.29, 0.717) is 13.2 Å². The average Bonchev–Trinajstić information content (AvgIpc) is 2.26. The second kappa shape index (κ2) is 13.9. The second-order valence-electron chi connectivity index (χ2n) is 4.10. The van der Waals surface area contributed by atoms with Crippen molar-refractivity contribution in [2.45, 2.75) is 52.4 Å². The van der Waals surface area contributed by atoms with Gasteiger partial charge in [-0.15, -0.1) is 0 Å². The molecule has 0 radical (unpaired) electrons. The lowest BCUT2D eigenvalue weighted by Gasteiger charge is -2.10. The number of aliphatic hydroxyl groups excluding tert-OH is 3. The summed E-state index contributed by atoms with van der Waals surface area (Å²) in [6, 6.07) is 0. The van der Waals surface area contributed by atoms with Crippen molar-refractivity contribution in [3.63, 3.8) is 0 Å². The highest BCUT2D eigenvalue weighted by Gasteiger charge is 2.00. The number of aliphatic hydroxyl groups is 3. The minimum atomic E-state index is -0.445. The topological polar surface area (TPSA) is 79.2 Å². The third-order valence-corrected chi connectivity index (χ3v) is 1.59. The summed E-state index contributed by atoms with van der Waals surface area (Å²) >= 11 is 0. The van der Waals surface area contributed by atoms with Crippen molar-refractivity contribution >= 4 is 0 Å². The molecule has 0 aromatic carbocycles. The molecular weight excluding hydrogens is 224 g/mol. The maximum Gasteiger partial charge on any atom is 0.0779 e. The van der Waals surface area contributed by atoms with Crippen molar-refractivity contribution < 1.29 is 24.8 Å². The Labute approximate surface area is 104 Å². The zero-order valence-electron chi connectivity index (χ0n) is 11.4. The van der Waals surface area contributed by atoms with E-state index in [1.165, 1.54) is 0 Å². The van der Waals surface area contributed by atoms with Crippen molar-refractivity contribution in [1.29, 1.82) is 0 Å². The zero-order chi connectivity index (χ0) is 13.7. The van der Waals surface area contributed by atoms with Gasteiger partial charge in [0.1, 0.15) is 0 Å². The van der Waals surface area contributed by atoms with Crippen molar-refractivity contribution in [3.8, 4) is 0 Å². The van der Waals surface area contributed by atoms with Crippen LogP contribution in [0.2, 0.25) is 0 Å². The van der Waals surface area contributed by atoms with Crippen LogP contribution < -0.4 is 0 Å². The summed E-state index contributed by atoms with van der Waals surface area (Å²) in [5.41, 5.74) is 0. The Bertz CT molecular complexity index is 139. The number of rotatable bonds is 8. The van der Waals surface area contributed by atoms with Crippen LogP contribution in [0.15, 0.2) is 0 Å². The monoisotopic (exact) mass is 252 g/mol. The van der Waals surface area contributed by atoms with Crippen LogP contribution in [0.4, 0.5) is 0 Å². The summed E-state index contributed by atoms with van der Waals surface area (Å²) in [5, 5.41) is 25.8. The summed E-state index contributed by atoms with van der Waals surface area (Å²) in [5.74, 6) is 0. The van der Waals surface area contributed by atoms with Crippen molar-refractivity contribution in [2.75, 3.05) is 26.4 Å². The van der Waals surface area contributed by atoms with E-state index in [9.17, 15) is 0 Å². The molecule has 0 amide bonds. The first-order chi connectivity index (χ1) is 7.93. The molecule has 0 aromatic heterocycles. The van der Waals surface area contributed by atoms with Gasteiger partial charge in [-0.25, -0.2) is 0 Å². The summed E-state index contributed by atoms with van der Waals surface area (Å²) < 4.78 is 9.95. The van der Waals surface area contributed by atoms with Crippen LogP contribution in [0.1, 0.15) is 34.1 Å². The first-order valence-electron chi connectivity index (χ1n) is 6.10. The Morgan fingerprint density at radius 3 is 1.88 bits per heavy atom. The second-order valence-corrected chi connectivity index (χ2v) is 4.10. The van der Waals surface area contributed by atoms with Gasteiger partial charge >= 0.3 is 0 Å². The number of hydrogen-bond acceptors (Lipinski definition) is 5. The molecule has 0 aliphatic heterocycles. The van der Waals surface area contributed by atoms with Gasteiger partial charge in [-0.3, -0.25) is 0 Å². The molecule has 0 fully saturated rings. The van der Waals surface area contributed by atoms with Gasteiger partial charge in [-0.05, 0) is 27.2 Å². The quantitative estimate of drug-likeness (QED) is 0.550. The fourth-order valence-electron chi connectivity index (χ4n) is 0.754. The van der Waals surface area contributed by atoms with E-state index in [1.54, 1.807) is 20.8 Å². The summed E-state index contributed by atoms with van der Waals surface area (Å²) in [4.78, 5) is 0. The van der Waals surface area contributed by atoms with Gasteiger partial charge in [-0.2, -0.15) is 0 Å². The van der Waals surface area contributed by atoms with E-state index < -0.39 is 6.10 Å². The minimum Gasteiger partial charge on any atom is -0.394 e. The molecule has 0 aromatic rings. The lowest BCUT2D eigenvalue weighted by molar-refractivity contribution is -0.0177. The standard InChI is InChI=1S/C6H14O3.C6H14O2/c1-5(8)4-9-6(2)3-7;1-3-4-8-5-6(2)7/h5-8H,3-4H2,1-2H3;6-7H,3-5H2,1-2H3. The molecule has 106 valence electrons. The normalized spacial score (nSPS) is 15.7. The molecular formula is C12H28O5. The molecule has 0 spiro atoms. The summed E-state index contributed by atoms with van der Waals surface area (Å²) in [7, 11) is 0. The smallest absolute Gasteiger partial charge is 0.0779 e. The molecule has 5 heteroatoms. The highest BCUT2D eigenvalue weighted by Crippen LogP contribution is 1.90.